The van der Waals surface area contributed by atoms with Crippen molar-refractivity contribution in [2.75, 3.05) is 7.11 Å². The predicted octanol–water partition coefficient (Wildman–Crippen LogP) is 7.16. The highest BCUT2D eigenvalue weighted by atomic mass is 32.2. The molecule has 0 aliphatic heterocycles. The third kappa shape index (κ3) is 4.12. The Labute approximate surface area is 207 Å². The van der Waals surface area contributed by atoms with Crippen molar-refractivity contribution < 1.29 is 4.74 Å². The Balaban J connectivity index is 1.64. The molecule has 0 saturated heterocycles. The molecular formula is C28H26N2O2S2. The van der Waals surface area contributed by atoms with Crippen molar-refractivity contribution in [1.29, 1.82) is 0 Å². The minimum Gasteiger partial charge on any atom is -0.497 e. The molecule has 34 heavy (non-hydrogen) atoms. The van der Waals surface area contributed by atoms with Gasteiger partial charge in [-0.1, -0.05) is 67.6 Å². The maximum Gasteiger partial charge on any atom is 0.267 e. The largest absolute Gasteiger partial charge is 0.497 e. The van der Waals surface area contributed by atoms with Crippen LogP contribution in [0, 0.1) is 6.92 Å². The molecule has 4 nitrogen and oxygen atoms in total. The Morgan fingerprint density at radius 3 is 2.56 bits per heavy atom. The molecule has 0 fully saturated rings. The lowest BCUT2D eigenvalue weighted by Crippen LogP contribution is -2.21. The molecule has 3 aromatic carbocycles. The lowest BCUT2D eigenvalue weighted by molar-refractivity contribution is 0.414. The summed E-state index contributed by atoms with van der Waals surface area (Å²) in [4.78, 5) is 21.0. The van der Waals surface area contributed by atoms with Gasteiger partial charge in [-0.25, -0.2) is 4.98 Å². The summed E-state index contributed by atoms with van der Waals surface area (Å²) in [6.45, 7) is 4.21. The van der Waals surface area contributed by atoms with Crippen molar-refractivity contribution in [3.05, 3.63) is 93.1 Å². The van der Waals surface area contributed by atoms with E-state index in [0.717, 1.165) is 45.8 Å². The number of fused-ring (bicyclic) bond motifs is 2. The first-order valence-corrected chi connectivity index (χ1v) is 13.2. The lowest BCUT2D eigenvalue weighted by Gasteiger charge is -2.13. The first kappa shape index (κ1) is 22.7. The van der Waals surface area contributed by atoms with E-state index in [0.29, 0.717) is 5.16 Å². The van der Waals surface area contributed by atoms with E-state index < -0.39 is 0 Å². The van der Waals surface area contributed by atoms with Crippen molar-refractivity contribution in [3.8, 4) is 11.4 Å². The van der Waals surface area contributed by atoms with E-state index in [4.69, 9.17) is 9.72 Å². The topological polar surface area (TPSA) is 44.1 Å². The zero-order valence-electron chi connectivity index (χ0n) is 19.5. The van der Waals surface area contributed by atoms with Gasteiger partial charge in [-0.3, -0.25) is 9.36 Å². The number of aromatic nitrogens is 2. The normalized spacial score (nSPS) is 11.4. The molecule has 0 radical (unpaired) electrons. The van der Waals surface area contributed by atoms with Gasteiger partial charge in [0.25, 0.3) is 5.56 Å². The molecule has 0 unspecified atom stereocenters. The Hall–Kier alpha value is -3.09. The third-order valence-electron chi connectivity index (χ3n) is 6.08. The van der Waals surface area contributed by atoms with E-state index in [1.165, 1.54) is 21.2 Å². The molecule has 6 heteroatoms. The van der Waals surface area contributed by atoms with E-state index >= 15 is 0 Å². The molecule has 0 aliphatic rings. The van der Waals surface area contributed by atoms with Gasteiger partial charge in [0.2, 0.25) is 0 Å². The smallest absolute Gasteiger partial charge is 0.267 e. The van der Waals surface area contributed by atoms with Crippen LogP contribution in [0.2, 0.25) is 0 Å². The second-order valence-corrected chi connectivity index (χ2v) is 10.3. The number of hydrogen-bond acceptors (Lipinski definition) is 5. The molecule has 5 aromatic rings. The van der Waals surface area contributed by atoms with Crippen LogP contribution in [0.1, 0.15) is 29.3 Å². The van der Waals surface area contributed by atoms with Gasteiger partial charge in [0.1, 0.15) is 10.6 Å². The van der Waals surface area contributed by atoms with Gasteiger partial charge in [-0.15, -0.1) is 11.3 Å². The molecule has 2 aromatic heterocycles. The summed E-state index contributed by atoms with van der Waals surface area (Å²) in [6, 6.07) is 22.4. The summed E-state index contributed by atoms with van der Waals surface area (Å²) in [7, 11) is 1.64. The van der Waals surface area contributed by atoms with Crippen molar-refractivity contribution >= 4 is 44.1 Å². The molecule has 0 bridgehead atoms. The SMILES string of the molecule is CCCc1sc2nc(SCc3cccc4ccccc34)n(-c3ccc(OC)cc3)c(=O)c2c1C. The van der Waals surface area contributed by atoms with Crippen molar-refractivity contribution in [3.63, 3.8) is 0 Å². The molecule has 172 valence electrons. The quantitative estimate of drug-likeness (QED) is 0.181. The number of methoxy groups -OCH3 is 1. The summed E-state index contributed by atoms with van der Waals surface area (Å²) in [5.74, 6) is 1.48. The zero-order chi connectivity index (χ0) is 23.7. The Morgan fingerprint density at radius 2 is 1.79 bits per heavy atom. The molecule has 0 amide bonds. The molecule has 0 aliphatic carbocycles. The van der Waals surface area contributed by atoms with Crippen LogP contribution in [0.3, 0.4) is 0 Å². The monoisotopic (exact) mass is 486 g/mol. The molecule has 0 atom stereocenters. The number of benzene rings is 3. The van der Waals surface area contributed by atoms with E-state index in [9.17, 15) is 4.79 Å². The molecule has 0 N–H and O–H groups in total. The number of thioether (sulfide) groups is 1. The summed E-state index contributed by atoms with van der Waals surface area (Å²) in [5, 5.41) is 3.89. The first-order chi connectivity index (χ1) is 16.6. The lowest BCUT2D eigenvalue weighted by atomic mass is 10.1. The third-order valence-corrected chi connectivity index (χ3v) is 8.31. The van der Waals surface area contributed by atoms with Gasteiger partial charge in [-0.2, -0.15) is 0 Å². The highest BCUT2D eigenvalue weighted by Gasteiger charge is 2.19. The summed E-state index contributed by atoms with van der Waals surface area (Å²) < 4.78 is 7.08. The van der Waals surface area contributed by atoms with Crippen molar-refractivity contribution in [2.45, 2.75) is 37.6 Å². The van der Waals surface area contributed by atoms with Crippen LogP contribution in [0.15, 0.2) is 76.7 Å². The van der Waals surface area contributed by atoms with Gasteiger partial charge >= 0.3 is 0 Å². The maximum absolute atomic E-state index is 13.9. The van der Waals surface area contributed by atoms with Gasteiger partial charge < -0.3 is 4.74 Å². The van der Waals surface area contributed by atoms with E-state index in [-0.39, 0.29) is 5.56 Å². The van der Waals surface area contributed by atoms with Gasteiger partial charge in [0.05, 0.1) is 18.2 Å². The number of thiophene rings is 1. The van der Waals surface area contributed by atoms with Gasteiger partial charge in [0.15, 0.2) is 5.16 Å². The standard InChI is InChI=1S/C28H26N2O2S2/c1-4-8-24-18(2)25-26(34-24)29-28(30(27(25)31)21-13-15-22(32-3)16-14-21)33-17-20-11-7-10-19-9-5-6-12-23(19)20/h5-7,9-16H,4,8,17H2,1-3H3. The number of nitrogens with zero attached hydrogens (tertiary/aromatic N) is 2. The second-order valence-electron chi connectivity index (χ2n) is 8.24. The van der Waals surface area contributed by atoms with E-state index in [1.807, 2.05) is 31.2 Å². The van der Waals surface area contributed by atoms with Gasteiger partial charge in [-0.05, 0) is 59.5 Å². The van der Waals surface area contributed by atoms with Gasteiger partial charge in [0, 0.05) is 10.6 Å². The molecule has 2 heterocycles. The van der Waals surface area contributed by atoms with Crippen LogP contribution < -0.4 is 10.3 Å². The Morgan fingerprint density at radius 1 is 1.03 bits per heavy atom. The number of hydrogen-bond donors (Lipinski definition) is 0. The average molecular weight is 487 g/mol. The zero-order valence-corrected chi connectivity index (χ0v) is 21.1. The van der Waals surface area contributed by atoms with Crippen LogP contribution in [0.5, 0.6) is 5.75 Å². The van der Waals surface area contributed by atoms with Crippen LogP contribution in [0.4, 0.5) is 0 Å². The van der Waals surface area contributed by atoms with E-state index in [1.54, 1.807) is 34.8 Å². The molecule has 0 saturated carbocycles. The number of aryl methyl sites for hydroxylation is 2. The van der Waals surface area contributed by atoms with Crippen LogP contribution in [0.25, 0.3) is 26.7 Å². The predicted molar refractivity (Wildman–Crippen MR) is 144 cm³/mol. The summed E-state index contributed by atoms with van der Waals surface area (Å²) in [6.07, 6.45) is 2.01. The summed E-state index contributed by atoms with van der Waals surface area (Å²) in [5.41, 5.74) is 3.08. The van der Waals surface area contributed by atoms with Crippen LogP contribution >= 0.6 is 23.1 Å². The Bertz CT molecular complexity index is 1530. The molecular weight excluding hydrogens is 460 g/mol. The summed E-state index contributed by atoms with van der Waals surface area (Å²) >= 11 is 3.26. The van der Waals surface area contributed by atoms with Crippen molar-refractivity contribution in [2.24, 2.45) is 0 Å². The van der Waals surface area contributed by atoms with Crippen LogP contribution in [-0.2, 0) is 12.2 Å². The van der Waals surface area contributed by atoms with E-state index in [2.05, 4.69) is 49.4 Å². The minimum absolute atomic E-state index is 0.00769. The second kappa shape index (κ2) is 9.65. The fourth-order valence-electron chi connectivity index (χ4n) is 4.29. The van der Waals surface area contributed by atoms with Crippen molar-refractivity contribution in [1.82, 2.24) is 9.55 Å². The molecule has 0 spiro atoms. The first-order valence-electron chi connectivity index (χ1n) is 11.4. The molecule has 5 rings (SSSR count). The fraction of sp³-hybridized carbons (Fsp3) is 0.214. The number of ether oxygens (including phenoxy) is 1. The Kier molecular flexibility index (Phi) is 6.44. The highest BCUT2D eigenvalue weighted by molar-refractivity contribution is 7.98. The average Bonchev–Trinajstić information content (AvgIpc) is 3.18. The maximum atomic E-state index is 13.9. The fourth-order valence-corrected chi connectivity index (χ4v) is 6.63. The highest BCUT2D eigenvalue weighted by Crippen LogP contribution is 2.33. The number of rotatable bonds is 7. The minimum atomic E-state index is -0.00769. The van der Waals surface area contributed by atoms with Crippen LogP contribution in [-0.4, -0.2) is 16.7 Å².